The van der Waals surface area contributed by atoms with Crippen LogP contribution >= 0.6 is 0 Å². The number of hydrogen-bond donors (Lipinski definition) is 0. The molecule has 75 heavy (non-hydrogen) atoms. The van der Waals surface area contributed by atoms with Crippen molar-refractivity contribution in [1.29, 1.82) is 0 Å². The Labute approximate surface area is 443 Å². The molecule has 11 aromatic carbocycles. The van der Waals surface area contributed by atoms with Gasteiger partial charge in [0, 0.05) is 27.6 Å². The zero-order valence-electron chi connectivity index (χ0n) is 43.8. The summed E-state index contributed by atoms with van der Waals surface area (Å²) >= 11 is 0. The van der Waals surface area contributed by atoms with E-state index in [9.17, 15) is 0 Å². The van der Waals surface area contributed by atoms with Crippen LogP contribution in [0.4, 0.5) is 0 Å². The summed E-state index contributed by atoms with van der Waals surface area (Å²) in [6, 6.07) is 96.7. The van der Waals surface area contributed by atoms with Crippen LogP contribution in [0.5, 0.6) is 0 Å². The molecule has 0 fully saturated rings. The molecule has 362 valence electrons. The van der Waals surface area contributed by atoms with Crippen LogP contribution in [0.3, 0.4) is 0 Å². The molecule has 0 aliphatic rings. The number of para-hydroxylation sites is 1. The third kappa shape index (κ3) is 9.32. The van der Waals surface area contributed by atoms with Crippen LogP contribution in [0.15, 0.2) is 261 Å². The summed E-state index contributed by atoms with van der Waals surface area (Å²) in [5, 5.41) is 2.51. The lowest BCUT2D eigenvalue weighted by molar-refractivity contribution is 0.590. The maximum Gasteiger partial charge on any atom is 0.0619 e. The fourth-order valence-electron chi connectivity index (χ4n) is 10.9. The van der Waals surface area contributed by atoms with Crippen LogP contribution in [0.25, 0.3) is 117 Å². The minimum Gasteiger partial charge on any atom is -0.308 e. The predicted octanol–water partition coefficient (Wildman–Crippen LogP) is 20.7. The summed E-state index contributed by atoms with van der Waals surface area (Å²) in [6.45, 7) is 14.1. The van der Waals surface area contributed by atoms with Gasteiger partial charge in [-0.1, -0.05) is 217 Å². The van der Waals surface area contributed by atoms with Gasteiger partial charge >= 0.3 is 0 Å². The standard InChI is InChI=1S/C74H61N/c1-73(2,3)64-46-67(56-34-22-32-54(38-56)62-42-58(50-24-12-7-13-25-50)40-59(43-62)51-26-14-8-15-27-51)71-69(48-64)70-49-65(74(4,5)6)47-68(72(70)75(71)66-36-20-11-21-37-66)57-35-23-33-55(39-57)63-44-60(52-28-16-9-17-29-52)41-61(45-63)53-30-18-10-19-31-53/h7-49H,1-6H3. The first-order valence-corrected chi connectivity index (χ1v) is 26.4. The Hall–Kier alpha value is -8.78. The van der Waals surface area contributed by atoms with Gasteiger partial charge in [-0.3, -0.25) is 0 Å². The molecular weight excluding hydrogens is 903 g/mol. The smallest absolute Gasteiger partial charge is 0.0619 e. The van der Waals surface area contributed by atoms with E-state index >= 15 is 0 Å². The summed E-state index contributed by atoms with van der Waals surface area (Å²) in [5.74, 6) is 0. The maximum atomic E-state index is 2.57. The molecule has 0 atom stereocenters. The van der Waals surface area contributed by atoms with Gasteiger partial charge in [0.1, 0.15) is 0 Å². The molecule has 1 aromatic heterocycles. The van der Waals surface area contributed by atoms with Crippen LogP contribution in [-0.2, 0) is 10.8 Å². The Kier molecular flexibility index (Phi) is 12.1. The summed E-state index contributed by atoms with van der Waals surface area (Å²) < 4.78 is 2.57. The summed E-state index contributed by atoms with van der Waals surface area (Å²) in [5.41, 5.74) is 25.0. The van der Waals surface area contributed by atoms with Gasteiger partial charge in [0.2, 0.25) is 0 Å². The topological polar surface area (TPSA) is 4.93 Å². The van der Waals surface area contributed by atoms with Crippen molar-refractivity contribution in [2.75, 3.05) is 0 Å². The zero-order chi connectivity index (χ0) is 51.3. The minimum absolute atomic E-state index is 0.123. The molecule has 0 saturated heterocycles. The molecule has 0 spiro atoms. The van der Waals surface area contributed by atoms with Crippen LogP contribution < -0.4 is 0 Å². The second kappa shape index (κ2) is 19.2. The minimum atomic E-state index is -0.123. The number of aromatic nitrogens is 1. The summed E-state index contributed by atoms with van der Waals surface area (Å²) in [6.07, 6.45) is 0. The van der Waals surface area contributed by atoms with Crippen LogP contribution in [0, 0.1) is 0 Å². The normalized spacial score (nSPS) is 11.9. The second-order valence-corrected chi connectivity index (χ2v) is 22.2. The van der Waals surface area contributed by atoms with Crippen molar-refractivity contribution in [3.63, 3.8) is 0 Å². The number of fused-ring (bicyclic) bond motifs is 3. The van der Waals surface area contributed by atoms with E-state index in [2.05, 4.69) is 307 Å². The fraction of sp³-hybridized carbons (Fsp3) is 0.108. The Bertz CT molecular complexity index is 3660. The average Bonchev–Trinajstić information content (AvgIpc) is 3.82. The van der Waals surface area contributed by atoms with Gasteiger partial charge in [-0.2, -0.15) is 0 Å². The van der Waals surface area contributed by atoms with E-state index in [1.165, 1.54) is 122 Å². The molecule has 12 rings (SSSR count). The first-order valence-electron chi connectivity index (χ1n) is 26.4. The largest absolute Gasteiger partial charge is 0.308 e. The lowest BCUT2D eigenvalue weighted by atomic mass is 9.82. The van der Waals surface area contributed by atoms with E-state index in [0.717, 1.165) is 5.69 Å². The molecular formula is C74H61N. The van der Waals surface area contributed by atoms with E-state index in [4.69, 9.17) is 0 Å². The van der Waals surface area contributed by atoms with Gasteiger partial charge in [-0.15, -0.1) is 0 Å². The fourth-order valence-corrected chi connectivity index (χ4v) is 10.9. The first kappa shape index (κ1) is 47.2. The van der Waals surface area contributed by atoms with Gasteiger partial charge in [-0.05, 0) is 185 Å². The molecule has 0 bridgehead atoms. The predicted molar refractivity (Wildman–Crippen MR) is 322 cm³/mol. The van der Waals surface area contributed by atoms with Gasteiger partial charge in [0.25, 0.3) is 0 Å². The van der Waals surface area contributed by atoms with Crippen molar-refractivity contribution >= 4 is 21.8 Å². The molecule has 0 saturated carbocycles. The van der Waals surface area contributed by atoms with Crippen molar-refractivity contribution in [2.24, 2.45) is 0 Å². The van der Waals surface area contributed by atoms with Crippen LogP contribution in [0.2, 0.25) is 0 Å². The Balaban J connectivity index is 1.12. The van der Waals surface area contributed by atoms with Crippen molar-refractivity contribution in [3.8, 4) is 94.7 Å². The summed E-state index contributed by atoms with van der Waals surface area (Å²) in [4.78, 5) is 0. The Morgan fingerprint density at radius 2 is 0.480 bits per heavy atom. The monoisotopic (exact) mass is 963 g/mol. The highest BCUT2D eigenvalue weighted by Crippen LogP contribution is 2.47. The zero-order valence-corrected chi connectivity index (χ0v) is 43.8. The van der Waals surface area contributed by atoms with Gasteiger partial charge in [0.15, 0.2) is 0 Å². The van der Waals surface area contributed by atoms with E-state index in [1.807, 2.05) is 0 Å². The molecule has 12 aromatic rings. The van der Waals surface area contributed by atoms with Crippen LogP contribution in [0.1, 0.15) is 52.7 Å². The number of benzene rings is 11. The van der Waals surface area contributed by atoms with E-state index in [1.54, 1.807) is 0 Å². The number of rotatable bonds is 9. The Morgan fingerprint density at radius 3 is 0.787 bits per heavy atom. The first-order chi connectivity index (χ1) is 36.4. The van der Waals surface area contributed by atoms with E-state index in [0.29, 0.717) is 0 Å². The number of hydrogen-bond acceptors (Lipinski definition) is 0. The molecule has 0 aliphatic heterocycles. The molecule has 0 amide bonds. The quantitative estimate of drug-likeness (QED) is 0.136. The molecule has 0 aliphatic carbocycles. The highest BCUT2D eigenvalue weighted by molar-refractivity contribution is 6.18. The maximum absolute atomic E-state index is 2.57. The third-order valence-electron chi connectivity index (χ3n) is 15.0. The lowest BCUT2D eigenvalue weighted by Gasteiger charge is -2.22. The van der Waals surface area contributed by atoms with Crippen molar-refractivity contribution < 1.29 is 0 Å². The van der Waals surface area contributed by atoms with Crippen molar-refractivity contribution in [3.05, 3.63) is 272 Å². The van der Waals surface area contributed by atoms with Gasteiger partial charge in [-0.25, -0.2) is 0 Å². The van der Waals surface area contributed by atoms with Crippen molar-refractivity contribution in [2.45, 2.75) is 52.4 Å². The second-order valence-electron chi connectivity index (χ2n) is 22.2. The Morgan fingerprint density at radius 1 is 0.227 bits per heavy atom. The van der Waals surface area contributed by atoms with Crippen LogP contribution in [-0.4, -0.2) is 4.57 Å². The SMILES string of the molecule is CC(C)(C)c1cc(-c2cccc(-c3cc(-c4ccccc4)cc(-c4ccccc4)c3)c2)c2c(c1)c1cc(C(C)(C)C)cc(-c3cccc(-c4cc(-c5ccccc5)cc(-c5ccccc5)c4)c3)c1n2-c1ccccc1. The van der Waals surface area contributed by atoms with Crippen molar-refractivity contribution in [1.82, 2.24) is 4.57 Å². The summed E-state index contributed by atoms with van der Waals surface area (Å²) in [7, 11) is 0. The molecule has 0 unspecified atom stereocenters. The molecule has 1 heteroatoms. The molecule has 0 radical (unpaired) electrons. The number of nitrogens with zero attached hydrogens (tertiary/aromatic N) is 1. The van der Waals surface area contributed by atoms with E-state index in [-0.39, 0.29) is 10.8 Å². The lowest BCUT2D eigenvalue weighted by Crippen LogP contribution is -2.11. The molecule has 1 nitrogen and oxygen atoms in total. The molecule has 1 heterocycles. The third-order valence-corrected chi connectivity index (χ3v) is 15.0. The van der Waals surface area contributed by atoms with E-state index < -0.39 is 0 Å². The van der Waals surface area contributed by atoms with Gasteiger partial charge < -0.3 is 4.57 Å². The average molecular weight is 964 g/mol. The highest BCUT2D eigenvalue weighted by Gasteiger charge is 2.27. The molecule has 0 N–H and O–H groups in total. The van der Waals surface area contributed by atoms with Gasteiger partial charge in [0.05, 0.1) is 11.0 Å². The highest BCUT2D eigenvalue weighted by atomic mass is 15.0.